The molecule has 6 nitrogen and oxygen atoms in total. The molecule has 1 unspecified atom stereocenters. The van der Waals surface area contributed by atoms with Crippen LogP contribution in [0.3, 0.4) is 0 Å². The van der Waals surface area contributed by atoms with E-state index in [1.807, 2.05) is 0 Å². The minimum absolute atomic E-state index is 0.117. The number of likely N-dealkylation sites (N-methyl/N-ethyl adjacent to an activating group) is 1. The molecule has 1 fully saturated rings. The van der Waals surface area contributed by atoms with Gasteiger partial charge in [0.2, 0.25) is 0 Å². The summed E-state index contributed by atoms with van der Waals surface area (Å²) >= 11 is 0. The third-order valence-corrected chi connectivity index (χ3v) is 4.28. The highest BCUT2D eigenvalue weighted by Crippen LogP contribution is 2.23. The third-order valence-electron chi connectivity index (χ3n) is 4.28. The number of carbonyl (C=O) groups excluding carboxylic acids is 1. The maximum absolute atomic E-state index is 13.7. The first-order valence-electron chi connectivity index (χ1n) is 7.91. The highest BCUT2D eigenvalue weighted by atomic mass is 19.1. The quantitative estimate of drug-likeness (QED) is 0.877. The van der Waals surface area contributed by atoms with Crippen molar-refractivity contribution >= 4 is 5.91 Å². The van der Waals surface area contributed by atoms with Gasteiger partial charge in [-0.1, -0.05) is 0 Å². The molecule has 24 heavy (non-hydrogen) atoms. The summed E-state index contributed by atoms with van der Waals surface area (Å²) in [6.07, 6.45) is 2.82. The molecule has 1 atom stereocenters. The zero-order valence-electron chi connectivity index (χ0n) is 13.8. The van der Waals surface area contributed by atoms with Crippen molar-refractivity contribution in [2.45, 2.75) is 18.9 Å². The van der Waals surface area contributed by atoms with Crippen LogP contribution in [0.5, 0.6) is 5.75 Å². The molecule has 2 N–H and O–H groups in total. The molecule has 7 heteroatoms. The van der Waals surface area contributed by atoms with Gasteiger partial charge in [-0.05, 0) is 38.2 Å². The Labute approximate surface area is 140 Å². The first-order valence-corrected chi connectivity index (χ1v) is 7.91. The summed E-state index contributed by atoms with van der Waals surface area (Å²) < 4.78 is 18.5. The Bertz CT molecular complexity index is 731. The summed E-state index contributed by atoms with van der Waals surface area (Å²) in [7, 11) is 3.48. The van der Waals surface area contributed by atoms with Crippen LogP contribution in [-0.2, 0) is 6.54 Å². The van der Waals surface area contributed by atoms with Crippen LogP contribution in [-0.4, -0.2) is 48.0 Å². The molecule has 0 spiro atoms. The summed E-state index contributed by atoms with van der Waals surface area (Å²) in [5.41, 5.74) is 1.09. The van der Waals surface area contributed by atoms with Gasteiger partial charge in [-0.3, -0.25) is 4.79 Å². The molecule has 1 aliphatic rings. The van der Waals surface area contributed by atoms with Crippen LogP contribution in [0.25, 0.3) is 0 Å². The number of carbonyl (C=O) groups is 1. The number of ether oxygens (including phenoxy) is 1. The van der Waals surface area contributed by atoms with E-state index in [0.717, 1.165) is 31.0 Å². The van der Waals surface area contributed by atoms with Gasteiger partial charge in [0.25, 0.3) is 5.91 Å². The summed E-state index contributed by atoms with van der Waals surface area (Å²) in [6.45, 7) is 2.38. The Balaban J connectivity index is 1.58. The van der Waals surface area contributed by atoms with Crippen molar-refractivity contribution in [1.82, 2.24) is 20.2 Å². The average Bonchev–Trinajstić information content (AvgIpc) is 3.21. The van der Waals surface area contributed by atoms with E-state index in [4.69, 9.17) is 4.74 Å². The van der Waals surface area contributed by atoms with Gasteiger partial charge < -0.3 is 19.9 Å². The van der Waals surface area contributed by atoms with Gasteiger partial charge in [0.15, 0.2) is 11.6 Å². The monoisotopic (exact) mass is 332 g/mol. The predicted octanol–water partition coefficient (Wildman–Crippen LogP) is 1.91. The summed E-state index contributed by atoms with van der Waals surface area (Å²) in [5.74, 6) is 0.591. The number of likely N-dealkylation sites (tertiary alicyclic amines) is 1. The number of hydrogen-bond acceptors (Lipinski definition) is 4. The lowest BCUT2D eigenvalue weighted by Gasteiger charge is -2.08. The maximum atomic E-state index is 13.7. The van der Waals surface area contributed by atoms with E-state index < -0.39 is 5.82 Å². The number of methoxy groups -OCH3 is 1. The Kier molecular flexibility index (Phi) is 4.80. The van der Waals surface area contributed by atoms with E-state index in [-0.39, 0.29) is 17.2 Å². The maximum Gasteiger partial charge on any atom is 0.251 e. The number of amides is 1. The topological polar surface area (TPSA) is 70.2 Å². The molecule has 0 saturated carbocycles. The molecule has 1 saturated heterocycles. The van der Waals surface area contributed by atoms with Crippen LogP contribution >= 0.6 is 0 Å². The molecule has 0 aliphatic carbocycles. The minimum Gasteiger partial charge on any atom is -0.494 e. The molecule has 0 radical (unpaired) electrons. The number of H-pyrrole nitrogens is 1. The van der Waals surface area contributed by atoms with Crippen molar-refractivity contribution in [3.05, 3.63) is 47.3 Å². The van der Waals surface area contributed by atoms with Crippen molar-refractivity contribution in [2.75, 3.05) is 27.2 Å². The molecule has 2 heterocycles. The Hall–Kier alpha value is -2.41. The summed E-state index contributed by atoms with van der Waals surface area (Å²) in [4.78, 5) is 22.1. The van der Waals surface area contributed by atoms with Crippen LogP contribution in [0.2, 0.25) is 0 Å². The van der Waals surface area contributed by atoms with Gasteiger partial charge in [0.1, 0.15) is 5.82 Å². The van der Waals surface area contributed by atoms with Gasteiger partial charge in [-0.25, -0.2) is 9.37 Å². The van der Waals surface area contributed by atoms with E-state index in [1.165, 1.54) is 25.3 Å². The fourth-order valence-corrected chi connectivity index (χ4v) is 2.92. The fourth-order valence-electron chi connectivity index (χ4n) is 2.92. The minimum atomic E-state index is -0.556. The van der Waals surface area contributed by atoms with Gasteiger partial charge >= 0.3 is 0 Å². The summed E-state index contributed by atoms with van der Waals surface area (Å²) in [6, 6.07) is 4.14. The lowest BCUT2D eigenvalue weighted by atomic mass is 10.1. The zero-order chi connectivity index (χ0) is 17.1. The molecule has 1 aromatic heterocycles. The van der Waals surface area contributed by atoms with Gasteiger partial charge in [-0.15, -0.1) is 0 Å². The van der Waals surface area contributed by atoms with Crippen molar-refractivity contribution in [3.63, 3.8) is 0 Å². The molecule has 128 valence electrons. The number of aromatic nitrogens is 2. The van der Waals surface area contributed by atoms with Gasteiger partial charge in [0.05, 0.1) is 25.5 Å². The highest BCUT2D eigenvalue weighted by Gasteiger charge is 2.23. The van der Waals surface area contributed by atoms with E-state index in [2.05, 4.69) is 27.2 Å². The second kappa shape index (κ2) is 7.00. The van der Waals surface area contributed by atoms with Crippen molar-refractivity contribution < 1.29 is 13.9 Å². The molecule has 2 aromatic rings. The molecule has 1 aliphatic heterocycles. The number of aromatic amines is 1. The second-order valence-corrected chi connectivity index (χ2v) is 6.07. The van der Waals surface area contributed by atoms with Crippen LogP contribution in [0, 0.1) is 5.82 Å². The molecular weight excluding hydrogens is 311 g/mol. The SMILES string of the molecule is COc1ccc(C(=O)NCc2cnc(C3CCN(C)C3)[nH]2)cc1F. The first kappa shape index (κ1) is 16.4. The molecule has 1 amide bonds. The van der Waals surface area contributed by atoms with Crippen molar-refractivity contribution in [3.8, 4) is 5.75 Å². The third kappa shape index (κ3) is 3.56. The molecule has 0 bridgehead atoms. The molecule has 1 aromatic carbocycles. The molecule has 3 rings (SSSR count). The Morgan fingerprint density at radius 3 is 3.04 bits per heavy atom. The van der Waals surface area contributed by atoms with Crippen LogP contribution in [0.15, 0.2) is 24.4 Å². The van der Waals surface area contributed by atoms with Crippen LogP contribution < -0.4 is 10.1 Å². The fraction of sp³-hybridized carbons (Fsp3) is 0.412. The zero-order valence-corrected chi connectivity index (χ0v) is 13.8. The Morgan fingerprint density at radius 2 is 2.38 bits per heavy atom. The first-order chi connectivity index (χ1) is 11.6. The van der Waals surface area contributed by atoms with Gasteiger partial charge in [-0.2, -0.15) is 0 Å². The number of rotatable bonds is 5. The average molecular weight is 332 g/mol. The number of benzene rings is 1. The number of halogens is 1. The Morgan fingerprint density at radius 1 is 1.54 bits per heavy atom. The lowest BCUT2D eigenvalue weighted by Crippen LogP contribution is -2.23. The van der Waals surface area contributed by atoms with E-state index >= 15 is 0 Å². The number of nitrogens with one attached hydrogen (secondary N) is 2. The van der Waals surface area contributed by atoms with Crippen molar-refractivity contribution in [1.29, 1.82) is 0 Å². The lowest BCUT2D eigenvalue weighted by molar-refractivity contribution is 0.0950. The van der Waals surface area contributed by atoms with Crippen molar-refractivity contribution in [2.24, 2.45) is 0 Å². The second-order valence-electron chi connectivity index (χ2n) is 6.07. The molecular formula is C17H21FN4O2. The number of nitrogens with zero attached hydrogens (tertiary/aromatic N) is 2. The standard InChI is InChI=1S/C17H21FN4O2/c1-22-6-5-12(10-22)16-19-8-13(21-16)9-20-17(23)11-3-4-15(24-2)14(18)7-11/h3-4,7-8,12H,5-6,9-10H2,1-2H3,(H,19,21)(H,20,23). The number of imidazole rings is 1. The largest absolute Gasteiger partial charge is 0.494 e. The van der Waals surface area contributed by atoms with Crippen LogP contribution in [0.1, 0.15) is 34.2 Å². The normalized spacial score (nSPS) is 17.9. The highest BCUT2D eigenvalue weighted by molar-refractivity contribution is 5.94. The van der Waals surface area contributed by atoms with Crippen LogP contribution in [0.4, 0.5) is 4.39 Å². The van der Waals surface area contributed by atoms with E-state index in [0.29, 0.717) is 12.5 Å². The van der Waals surface area contributed by atoms with E-state index in [1.54, 1.807) is 6.20 Å². The van der Waals surface area contributed by atoms with Gasteiger partial charge in [0, 0.05) is 18.0 Å². The summed E-state index contributed by atoms with van der Waals surface area (Å²) in [5, 5.41) is 2.76. The van der Waals surface area contributed by atoms with E-state index in [9.17, 15) is 9.18 Å². The number of hydrogen-bond donors (Lipinski definition) is 2. The smallest absolute Gasteiger partial charge is 0.251 e. The predicted molar refractivity (Wildman–Crippen MR) is 87.6 cm³/mol.